The lowest BCUT2D eigenvalue weighted by molar-refractivity contribution is -0.142. The van der Waals surface area contributed by atoms with Crippen LogP contribution in [0.3, 0.4) is 0 Å². The number of likely N-dealkylation sites (N-methyl/N-ethyl adjacent to an activating group) is 1. The monoisotopic (exact) mass is 597 g/mol. The molecule has 2 unspecified atom stereocenters. The maximum Gasteiger partial charge on any atom is 0.326 e. The third kappa shape index (κ3) is 22.2. The molecule has 0 bridgehead atoms. The largest absolute Gasteiger partial charge is 0.481 e. The van der Waals surface area contributed by atoms with Crippen molar-refractivity contribution in [2.24, 2.45) is 5.41 Å². The first-order valence-electron chi connectivity index (χ1n) is 16.1. The summed E-state index contributed by atoms with van der Waals surface area (Å²) in [7, 11) is 1.78. The molecule has 0 aromatic carbocycles. The lowest BCUT2D eigenvalue weighted by Crippen LogP contribution is -2.41. The van der Waals surface area contributed by atoms with Crippen molar-refractivity contribution in [2.45, 2.75) is 155 Å². The molecule has 0 aliphatic carbocycles. The van der Waals surface area contributed by atoms with Gasteiger partial charge in [-0.05, 0) is 45.6 Å². The van der Waals surface area contributed by atoms with Crippen LogP contribution in [0.2, 0.25) is 0 Å². The molecular formula is C32H59N3O7. The predicted molar refractivity (Wildman–Crippen MR) is 165 cm³/mol. The molecule has 0 aromatic rings. The number of carboxylic acids is 2. The number of ketones is 1. The van der Waals surface area contributed by atoms with Crippen molar-refractivity contribution in [1.82, 2.24) is 16.0 Å². The van der Waals surface area contributed by atoms with Gasteiger partial charge in [-0.25, -0.2) is 4.79 Å². The number of hydrogen-bond acceptors (Lipinski definition) is 6. The molecule has 0 fully saturated rings. The van der Waals surface area contributed by atoms with Gasteiger partial charge in [0, 0.05) is 31.2 Å². The molecule has 10 heteroatoms. The van der Waals surface area contributed by atoms with E-state index in [0.29, 0.717) is 19.4 Å². The van der Waals surface area contributed by atoms with Gasteiger partial charge in [0.15, 0.2) is 5.78 Å². The van der Waals surface area contributed by atoms with Crippen LogP contribution in [-0.2, 0) is 24.0 Å². The van der Waals surface area contributed by atoms with Crippen molar-refractivity contribution in [1.29, 1.82) is 0 Å². The first kappa shape index (κ1) is 39.5. The lowest BCUT2D eigenvalue weighted by atomic mass is 9.85. The van der Waals surface area contributed by atoms with E-state index in [4.69, 9.17) is 5.11 Å². The Kier molecular flexibility index (Phi) is 22.6. The highest BCUT2D eigenvalue weighted by Gasteiger charge is 2.28. The minimum Gasteiger partial charge on any atom is -0.481 e. The third-order valence-electron chi connectivity index (χ3n) is 7.48. The number of hydrogen-bond donors (Lipinski definition) is 5. The van der Waals surface area contributed by atoms with Crippen molar-refractivity contribution in [3.63, 3.8) is 0 Å². The van der Waals surface area contributed by atoms with Crippen LogP contribution in [0.25, 0.3) is 0 Å². The minimum atomic E-state index is -1.14. The molecule has 10 nitrogen and oxygen atoms in total. The van der Waals surface area contributed by atoms with Crippen LogP contribution in [-0.4, -0.2) is 65.4 Å². The molecule has 0 saturated heterocycles. The van der Waals surface area contributed by atoms with Crippen LogP contribution in [0.5, 0.6) is 0 Å². The summed E-state index contributed by atoms with van der Waals surface area (Å²) < 4.78 is 0. The number of aliphatic carboxylic acids is 2. The Bertz CT molecular complexity index is 795. The van der Waals surface area contributed by atoms with Gasteiger partial charge in [-0.15, -0.1) is 0 Å². The summed E-state index contributed by atoms with van der Waals surface area (Å²) in [5.41, 5.74) is -0.410. The summed E-state index contributed by atoms with van der Waals surface area (Å²) in [4.78, 5) is 58.9. The Morgan fingerprint density at radius 2 is 1.10 bits per heavy atom. The van der Waals surface area contributed by atoms with Crippen molar-refractivity contribution in [3.05, 3.63) is 0 Å². The fraction of sp³-hybridized carbons (Fsp3) is 0.844. The Morgan fingerprint density at radius 1 is 0.595 bits per heavy atom. The van der Waals surface area contributed by atoms with Gasteiger partial charge in [-0.1, -0.05) is 85.0 Å². The van der Waals surface area contributed by atoms with Gasteiger partial charge in [0.25, 0.3) is 0 Å². The minimum absolute atomic E-state index is 0.0175. The van der Waals surface area contributed by atoms with E-state index in [1.807, 2.05) is 20.8 Å². The average Bonchev–Trinajstić information content (AvgIpc) is 2.91. The fourth-order valence-electron chi connectivity index (χ4n) is 4.85. The molecule has 244 valence electrons. The highest BCUT2D eigenvalue weighted by atomic mass is 16.4. The molecule has 0 rings (SSSR count). The van der Waals surface area contributed by atoms with Crippen LogP contribution >= 0.6 is 0 Å². The van der Waals surface area contributed by atoms with Crippen LogP contribution < -0.4 is 16.0 Å². The zero-order valence-corrected chi connectivity index (χ0v) is 26.7. The maximum atomic E-state index is 12.4. The average molecular weight is 598 g/mol. The molecule has 0 spiro atoms. The second-order valence-electron chi connectivity index (χ2n) is 12.4. The highest BCUT2D eigenvalue weighted by Crippen LogP contribution is 2.19. The second kappa shape index (κ2) is 24.0. The summed E-state index contributed by atoms with van der Waals surface area (Å²) in [6.45, 7) is 6.16. The SMILES string of the molecule is CNC(CCCCNC(=O)CCC(NC(=O)CCCCCCCCCCCCCCC(=O)O)C(=O)O)C(=O)C(C)(C)C. The van der Waals surface area contributed by atoms with E-state index in [1.165, 1.54) is 25.7 Å². The Hall–Kier alpha value is -2.49. The molecule has 0 aliphatic heterocycles. The van der Waals surface area contributed by atoms with E-state index in [1.54, 1.807) is 7.05 Å². The molecule has 5 N–H and O–H groups in total. The number of amides is 2. The number of rotatable bonds is 27. The lowest BCUT2D eigenvalue weighted by Gasteiger charge is -2.24. The number of nitrogens with one attached hydrogen (secondary N) is 3. The molecule has 0 aliphatic rings. The van der Waals surface area contributed by atoms with E-state index in [0.717, 1.165) is 57.8 Å². The fourth-order valence-corrected chi connectivity index (χ4v) is 4.85. The molecule has 0 radical (unpaired) electrons. The summed E-state index contributed by atoms with van der Waals surface area (Å²) in [6.07, 6.45) is 15.4. The number of carbonyl (C=O) groups is 5. The first-order chi connectivity index (χ1) is 19.9. The maximum absolute atomic E-state index is 12.4. The Labute approximate surface area is 253 Å². The van der Waals surface area contributed by atoms with Crippen LogP contribution in [0, 0.1) is 5.41 Å². The standard InChI is InChI=1S/C32H59N3O7/c1-32(2,3)30(40)25(33-4)19-17-18-24-34-27(36)23-22-26(31(41)42)35-28(37)20-15-13-11-9-7-5-6-8-10-12-14-16-21-29(38)39/h25-26,33H,5-24H2,1-4H3,(H,34,36)(H,35,37)(H,38,39)(H,41,42). The predicted octanol–water partition coefficient (Wildman–Crippen LogP) is 5.37. The molecule has 0 heterocycles. The smallest absolute Gasteiger partial charge is 0.326 e. The van der Waals surface area contributed by atoms with Crippen molar-refractivity contribution in [2.75, 3.05) is 13.6 Å². The molecule has 0 aromatic heterocycles. The van der Waals surface area contributed by atoms with Gasteiger partial charge >= 0.3 is 11.9 Å². The summed E-state index contributed by atoms with van der Waals surface area (Å²) in [5, 5.41) is 26.5. The first-order valence-corrected chi connectivity index (χ1v) is 16.1. The highest BCUT2D eigenvalue weighted by molar-refractivity contribution is 5.88. The zero-order valence-electron chi connectivity index (χ0n) is 26.7. The van der Waals surface area contributed by atoms with Gasteiger partial charge in [-0.2, -0.15) is 0 Å². The van der Waals surface area contributed by atoms with Gasteiger partial charge in [0.1, 0.15) is 6.04 Å². The zero-order chi connectivity index (χ0) is 31.8. The third-order valence-corrected chi connectivity index (χ3v) is 7.48. The van der Waals surface area contributed by atoms with Crippen molar-refractivity contribution < 1.29 is 34.2 Å². The van der Waals surface area contributed by atoms with Gasteiger partial charge in [-0.3, -0.25) is 19.2 Å². The number of Topliss-reactive ketones (excluding diaryl/α,β-unsaturated/α-hetero) is 1. The van der Waals surface area contributed by atoms with E-state index in [-0.39, 0.29) is 49.3 Å². The van der Waals surface area contributed by atoms with Crippen molar-refractivity contribution in [3.8, 4) is 0 Å². The normalized spacial score (nSPS) is 12.9. The molecule has 2 amide bonds. The van der Waals surface area contributed by atoms with Crippen molar-refractivity contribution >= 4 is 29.5 Å². The summed E-state index contributed by atoms with van der Waals surface area (Å²) in [6, 6.07) is -1.29. The Balaban J connectivity index is 3.89. The van der Waals surface area contributed by atoms with Crippen LogP contribution in [0.15, 0.2) is 0 Å². The van der Waals surface area contributed by atoms with Crippen LogP contribution in [0.1, 0.15) is 143 Å². The number of carboxylic acid groups (broad SMARTS) is 2. The summed E-state index contributed by atoms with van der Waals surface area (Å²) >= 11 is 0. The number of unbranched alkanes of at least 4 members (excludes halogenated alkanes) is 12. The molecular weight excluding hydrogens is 538 g/mol. The Morgan fingerprint density at radius 3 is 1.55 bits per heavy atom. The van der Waals surface area contributed by atoms with Crippen LogP contribution in [0.4, 0.5) is 0 Å². The quantitative estimate of drug-likeness (QED) is 0.0789. The summed E-state index contributed by atoms with van der Waals surface area (Å²) in [5.74, 6) is -2.24. The van der Waals surface area contributed by atoms with E-state index in [2.05, 4.69) is 16.0 Å². The second-order valence-corrected chi connectivity index (χ2v) is 12.4. The van der Waals surface area contributed by atoms with Gasteiger partial charge < -0.3 is 26.2 Å². The van der Waals surface area contributed by atoms with E-state index < -0.39 is 23.4 Å². The molecule has 2 atom stereocenters. The van der Waals surface area contributed by atoms with E-state index >= 15 is 0 Å². The molecule has 0 saturated carbocycles. The molecule has 42 heavy (non-hydrogen) atoms. The van der Waals surface area contributed by atoms with E-state index in [9.17, 15) is 29.1 Å². The topological polar surface area (TPSA) is 162 Å². The number of carbonyl (C=O) groups excluding carboxylic acids is 3. The van der Waals surface area contributed by atoms with Gasteiger partial charge in [0.05, 0.1) is 6.04 Å². The van der Waals surface area contributed by atoms with Gasteiger partial charge in [0.2, 0.25) is 11.8 Å².